The predicted octanol–water partition coefficient (Wildman–Crippen LogP) is 13.2. The molecule has 48 heavy (non-hydrogen) atoms. The Balaban J connectivity index is 1.24. The van der Waals surface area contributed by atoms with E-state index in [9.17, 15) is 0 Å². The van der Waals surface area contributed by atoms with Crippen molar-refractivity contribution < 1.29 is 4.42 Å². The standard InChI is InChI=1S/C46H31NO/c1-4-12-32(13-5-1)34-20-22-36(23-21-34)42-31-45-46(41-18-10-11-19-44(41)48-45)43-30-39(28-29-40(42)43)47(37-16-8-3-9-17-37)38-26-24-35(25-27-38)33-14-6-2-7-15-33/h1-31H. The summed E-state index contributed by atoms with van der Waals surface area (Å²) in [5, 5.41) is 4.62. The van der Waals surface area contributed by atoms with Crippen molar-refractivity contribution in [2.24, 2.45) is 0 Å². The zero-order valence-corrected chi connectivity index (χ0v) is 26.3. The van der Waals surface area contributed by atoms with Gasteiger partial charge in [0.15, 0.2) is 0 Å². The fourth-order valence-electron chi connectivity index (χ4n) is 6.94. The lowest BCUT2D eigenvalue weighted by Gasteiger charge is -2.26. The van der Waals surface area contributed by atoms with Crippen LogP contribution in [0.3, 0.4) is 0 Å². The molecule has 0 saturated heterocycles. The van der Waals surface area contributed by atoms with E-state index in [0.29, 0.717) is 0 Å². The Labute approximate surface area is 279 Å². The zero-order valence-electron chi connectivity index (χ0n) is 26.3. The molecule has 8 aromatic carbocycles. The highest BCUT2D eigenvalue weighted by Crippen LogP contribution is 2.44. The van der Waals surface area contributed by atoms with Crippen LogP contribution in [0.5, 0.6) is 0 Å². The van der Waals surface area contributed by atoms with Crippen LogP contribution in [-0.4, -0.2) is 0 Å². The van der Waals surface area contributed by atoms with Gasteiger partial charge >= 0.3 is 0 Å². The molecule has 1 heterocycles. The highest BCUT2D eigenvalue weighted by Gasteiger charge is 2.19. The molecular formula is C46H31NO. The molecule has 0 N–H and O–H groups in total. The third-order valence-corrected chi connectivity index (χ3v) is 9.27. The molecule has 0 aliphatic carbocycles. The lowest BCUT2D eigenvalue weighted by Crippen LogP contribution is -2.09. The Bertz CT molecular complexity index is 2520. The van der Waals surface area contributed by atoms with Crippen LogP contribution in [0, 0.1) is 0 Å². The molecule has 0 amide bonds. The smallest absolute Gasteiger partial charge is 0.136 e. The van der Waals surface area contributed by atoms with E-state index in [2.05, 4.69) is 187 Å². The van der Waals surface area contributed by atoms with Gasteiger partial charge in [0.05, 0.1) is 0 Å². The lowest BCUT2D eigenvalue weighted by molar-refractivity contribution is 0.669. The zero-order chi connectivity index (χ0) is 31.9. The fraction of sp³-hybridized carbons (Fsp3) is 0. The van der Waals surface area contributed by atoms with Gasteiger partial charge in [-0.25, -0.2) is 0 Å². The van der Waals surface area contributed by atoms with E-state index in [1.807, 2.05) is 6.07 Å². The Kier molecular flexibility index (Phi) is 6.84. The summed E-state index contributed by atoms with van der Waals surface area (Å²) >= 11 is 0. The second kappa shape index (κ2) is 11.8. The van der Waals surface area contributed by atoms with Gasteiger partial charge < -0.3 is 9.32 Å². The van der Waals surface area contributed by atoms with Crippen molar-refractivity contribution in [3.8, 4) is 33.4 Å². The second-order valence-electron chi connectivity index (χ2n) is 12.2. The fourth-order valence-corrected chi connectivity index (χ4v) is 6.94. The number of furan rings is 1. The number of fused-ring (bicyclic) bond motifs is 5. The van der Waals surface area contributed by atoms with E-state index >= 15 is 0 Å². The second-order valence-corrected chi connectivity index (χ2v) is 12.2. The van der Waals surface area contributed by atoms with Gasteiger partial charge in [0.1, 0.15) is 11.2 Å². The first-order valence-electron chi connectivity index (χ1n) is 16.3. The van der Waals surface area contributed by atoms with Crippen LogP contribution in [0.4, 0.5) is 17.1 Å². The summed E-state index contributed by atoms with van der Waals surface area (Å²) in [7, 11) is 0. The molecule has 9 rings (SSSR count). The van der Waals surface area contributed by atoms with E-state index in [4.69, 9.17) is 4.42 Å². The summed E-state index contributed by atoms with van der Waals surface area (Å²) < 4.78 is 6.53. The number of hydrogen-bond donors (Lipinski definition) is 0. The molecule has 0 aliphatic heterocycles. The molecular weight excluding hydrogens is 583 g/mol. The van der Waals surface area contributed by atoms with E-state index in [-0.39, 0.29) is 0 Å². The highest BCUT2D eigenvalue weighted by molar-refractivity contribution is 6.22. The van der Waals surface area contributed by atoms with Crippen LogP contribution < -0.4 is 4.90 Å². The topological polar surface area (TPSA) is 16.4 Å². The van der Waals surface area contributed by atoms with Crippen molar-refractivity contribution in [1.82, 2.24) is 0 Å². The predicted molar refractivity (Wildman–Crippen MR) is 202 cm³/mol. The summed E-state index contributed by atoms with van der Waals surface area (Å²) in [6.07, 6.45) is 0. The van der Waals surface area contributed by atoms with Gasteiger partial charge in [-0.05, 0) is 92.7 Å². The van der Waals surface area contributed by atoms with Crippen molar-refractivity contribution in [2.45, 2.75) is 0 Å². The lowest BCUT2D eigenvalue weighted by atomic mass is 9.93. The molecule has 2 nitrogen and oxygen atoms in total. The quantitative estimate of drug-likeness (QED) is 0.185. The number of benzene rings is 8. The minimum atomic E-state index is 0.890. The number of nitrogens with zero attached hydrogens (tertiary/aromatic N) is 1. The number of rotatable bonds is 6. The maximum absolute atomic E-state index is 6.53. The molecule has 0 aliphatic rings. The SMILES string of the molecule is c1ccc(-c2ccc(-c3cc4oc5ccccc5c4c4cc(N(c5ccccc5)c5ccc(-c6ccccc6)cc5)ccc34)cc2)cc1. The molecule has 0 bridgehead atoms. The molecule has 226 valence electrons. The molecule has 0 spiro atoms. The summed E-state index contributed by atoms with van der Waals surface area (Å²) in [6.45, 7) is 0. The molecule has 0 radical (unpaired) electrons. The van der Waals surface area contributed by atoms with Gasteiger partial charge in [0.25, 0.3) is 0 Å². The molecule has 9 aromatic rings. The molecule has 2 heteroatoms. The minimum absolute atomic E-state index is 0.890. The monoisotopic (exact) mass is 613 g/mol. The van der Waals surface area contributed by atoms with Crippen molar-refractivity contribution in [1.29, 1.82) is 0 Å². The van der Waals surface area contributed by atoms with Crippen LogP contribution >= 0.6 is 0 Å². The normalized spacial score (nSPS) is 11.3. The van der Waals surface area contributed by atoms with E-state index in [1.54, 1.807) is 0 Å². The summed E-state index contributed by atoms with van der Waals surface area (Å²) in [5.41, 5.74) is 12.2. The first kappa shape index (κ1) is 27.9. The third-order valence-electron chi connectivity index (χ3n) is 9.27. The average molecular weight is 614 g/mol. The first-order chi connectivity index (χ1) is 23.8. The largest absolute Gasteiger partial charge is 0.456 e. The summed E-state index contributed by atoms with van der Waals surface area (Å²) in [5.74, 6) is 0. The maximum atomic E-state index is 6.53. The average Bonchev–Trinajstić information content (AvgIpc) is 3.55. The van der Waals surface area contributed by atoms with Crippen molar-refractivity contribution in [3.63, 3.8) is 0 Å². The van der Waals surface area contributed by atoms with Gasteiger partial charge in [-0.2, -0.15) is 0 Å². The van der Waals surface area contributed by atoms with Gasteiger partial charge in [-0.3, -0.25) is 0 Å². The van der Waals surface area contributed by atoms with E-state index < -0.39 is 0 Å². The van der Waals surface area contributed by atoms with Crippen molar-refractivity contribution in [3.05, 3.63) is 188 Å². The van der Waals surface area contributed by atoms with Crippen LogP contribution in [0.15, 0.2) is 192 Å². The summed E-state index contributed by atoms with van der Waals surface area (Å²) in [4.78, 5) is 2.34. The van der Waals surface area contributed by atoms with Gasteiger partial charge in [-0.1, -0.05) is 140 Å². The van der Waals surface area contributed by atoms with Crippen molar-refractivity contribution >= 4 is 49.8 Å². The third kappa shape index (κ3) is 4.92. The Morgan fingerprint density at radius 3 is 1.48 bits per heavy atom. The summed E-state index contributed by atoms with van der Waals surface area (Å²) in [6, 6.07) is 66.8. The van der Waals surface area contributed by atoms with Crippen LogP contribution in [0.25, 0.3) is 66.1 Å². The number of para-hydroxylation sites is 2. The van der Waals surface area contributed by atoms with E-state index in [1.165, 1.54) is 33.0 Å². The van der Waals surface area contributed by atoms with Crippen LogP contribution in [0.1, 0.15) is 0 Å². The maximum Gasteiger partial charge on any atom is 0.136 e. The van der Waals surface area contributed by atoms with Gasteiger partial charge in [0.2, 0.25) is 0 Å². The Morgan fingerprint density at radius 1 is 0.312 bits per heavy atom. The Hall–Kier alpha value is -6.38. The highest BCUT2D eigenvalue weighted by atomic mass is 16.3. The first-order valence-corrected chi connectivity index (χ1v) is 16.3. The van der Waals surface area contributed by atoms with Crippen molar-refractivity contribution in [2.75, 3.05) is 4.90 Å². The Morgan fingerprint density at radius 2 is 0.812 bits per heavy atom. The van der Waals surface area contributed by atoms with Crippen LogP contribution in [-0.2, 0) is 0 Å². The molecule has 0 unspecified atom stereocenters. The van der Waals surface area contributed by atoms with Gasteiger partial charge in [-0.15, -0.1) is 0 Å². The van der Waals surface area contributed by atoms with E-state index in [0.717, 1.165) is 50.1 Å². The van der Waals surface area contributed by atoms with Gasteiger partial charge in [0, 0.05) is 27.8 Å². The molecule has 0 saturated carbocycles. The minimum Gasteiger partial charge on any atom is -0.456 e. The molecule has 0 fully saturated rings. The molecule has 0 atom stereocenters. The molecule has 1 aromatic heterocycles. The number of hydrogen-bond acceptors (Lipinski definition) is 2. The number of anilines is 3. The van der Waals surface area contributed by atoms with Crippen LogP contribution in [0.2, 0.25) is 0 Å².